The van der Waals surface area contributed by atoms with Crippen molar-refractivity contribution < 1.29 is 31.1 Å². The highest BCUT2D eigenvalue weighted by Crippen LogP contribution is 2.32. The summed E-state index contributed by atoms with van der Waals surface area (Å²) in [6.07, 6.45) is 2.11. The first-order chi connectivity index (χ1) is 15.6. The van der Waals surface area contributed by atoms with Crippen LogP contribution < -0.4 is 5.32 Å². The number of nitrogens with one attached hydrogen (secondary N) is 1. The molecule has 1 atom stereocenters. The second kappa shape index (κ2) is 9.01. The van der Waals surface area contributed by atoms with E-state index in [1.165, 1.54) is 28.6 Å². The minimum Gasteiger partial charge on any atom is -0.506 e. The average Bonchev–Trinajstić information content (AvgIpc) is 3.48. The van der Waals surface area contributed by atoms with E-state index in [4.69, 9.17) is 0 Å². The van der Waals surface area contributed by atoms with Crippen LogP contribution in [-0.2, 0) is 24.8 Å². The van der Waals surface area contributed by atoms with Crippen LogP contribution in [0, 0.1) is 5.82 Å². The minimum atomic E-state index is -4.28. The van der Waals surface area contributed by atoms with Gasteiger partial charge in [0.15, 0.2) is 0 Å². The molecule has 0 aromatic heterocycles. The zero-order chi connectivity index (χ0) is 23.8. The third-order valence-electron chi connectivity index (χ3n) is 5.86. The molecule has 0 saturated carbocycles. The van der Waals surface area contributed by atoms with Gasteiger partial charge in [-0.1, -0.05) is 12.1 Å². The van der Waals surface area contributed by atoms with Crippen LogP contribution >= 0.6 is 0 Å². The highest BCUT2D eigenvalue weighted by atomic mass is 32.2. The molecule has 178 valence electrons. The van der Waals surface area contributed by atoms with Gasteiger partial charge in [-0.2, -0.15) is 8.61 Å². The fourth-order valence-electron chi connectivity index (χ4n) is 4.14. The molecule has 0 aliphatic carbocycles. The minimum absolute atomic E-state index is 0.0319. The Hall–Kier alpha value is -2.54. The molecular weight excluding hydrogens is 473 g/mol. The number of benzene rings is 2. The Balaban J connectivity index is 1.58. The van der Waals surface area contributed by atoms with Crippen molar-refractivity contribution in [2.45, 2.75) is 41.5 Å². The number of hydrogen-bond acceptors (Lipinski definition) is 6. The van der Waals surface area contributed by atoms with Gasteiger partial charge in [-0.3, -0.25) is 4.79 Å². The lowest BCUT2D eigenvalue weighted by atomic mass is 10.2. The summed E-state index contributed by atoms with van der Waals surface area (Å²) in [7, 11) is -8.06. The quantitative estimate of drug-likeness (QED) is 0.589. The monoisotopic (exact) mass is 497 g/mol. The van der Waals surface area contributed by atoms with Gasteiger partial charge in [0.05, 0.1) is 10.6 Å². The van der Waals surface area contributed by atoms with Crippen molar-refractivity contribution in [1.29, 1.82) is 0 Å². The third kappa shape index (κ3) is 4.47. The molecule has 2 aliphatic heterocycles. The number of aromatic hydroxyl groups is 1. The molecule has 12 heteroatoms. The lowest BCUT2D eigenvalue weighted by molar-refractivity contribution is -0.119. The van der Waals surface area contributed by atoms with Crippen LogP contribution in [0.1, 0.15) is 25.7 Å². The van der Waals surface area contributed by atoms with E-state index in [0.717, 1.165) is 35.3 Å². The van der Waals surface area contributed by atoms with Gasteiger partial charge in [0.1, 0.15) is 22.5 Å². The maximum Gasteiger partial charge on any atom is 0.246 e. The summed E-state index contributed by atoms with van der Waals surface area (Å²) in [6, 6.07) is 7.38. The lowest BCUT2D eigenvalue weighted by Gasteiger charge is -2.24. The Bertz CT molecular complexity index is 1280. The molecule has 9 nitrogen and oxygen atoms in total. The number of anilines is 1. The van der Waals surface area contributed by atoms with Crippen LogP contribution in [0.15, 0.2) is 52.3 Å². The Labute approximate surface area is 191 Å². The van der Waals surface area contributed by atoms with E-state index in [0.29, 0.717) is 19.5 Å². The zero-order valence-corrected chi connectivity index (χ0v) is 19.3. The van der Waals surface area contributed by atoms with E-state index >= 15 is 0 Å². The summed E-state index contributed by atoms with van der Waals surface area (Å²) in [5.41, 5.74) is -0.143. The van der Waals surface area contributed by atoms with E-state index in [-0.39, 0.29) is 29.3 Å². The second-order valence-electron chi connectivity index (χ2n) is 7.98. The number of nitrogens with zero attached hydrogens (tertiary/aromatic N) is 2. The summed E-state index contributed by atoms with van der Waals surface area (Å²) < 4.78 is 68.1. The summed E-state index contributed by atoms with van der Waals surface area (Å²) in [5, 5.41) is 12.6. The van der Waals surface area contributed by atoms with Crippen molar-refractivity contribution >= 4 is 31.6 Å². The molecule has 1 amide bonds. The van der Waals surface area contributed by atoms with Crippen molar-refractivity contribution in [1.82, 2.24) is 8.61 Å². The van der Waals surface area contributed by atoms with Crippen LogP contribution in [0.3, 0.4) is 0 Å². The molecule has 2 aromatic rings. The molecule has 0 bridgehead atoms. The number of phenolic OH excluding ortho intramolecular Hbond substituents is 1. The first-order valence-electron chi connectivity index (χ1n) is 10.5. The molecular formula is C21H24FN3O6S2. The number of sulfonamides is 2. The topological polar surface area (TPSA) is 124 Å². The standard InChI is InChI=1S/C21H24FN3O6S2/c22-16-6-1-2-8-20(16)33(30,31)25-13-5-7-18(25)21(27)23-17-14-15(9-10-19(17)26)32(28,29)24-11-3-4-12-24/h1-2,6,8-10,14,18,26H,3-5,7,11-13H2,(H,23,27). The number of carbonyl (C=O) groups excluding carboxylic acids is 1. The zero-order valence-electron chi connectivity index (χ0n) is 17.6. The van der Waals surface area contributed by atoms with Gasteiger partial charge in [0.2, 0.25) is 26.0 Å². The molecule has 2 aromatic carbocycles. The molecule has 0 radical (unpaired) electrons. The van der Waals surface area contributed by atoms with Gasteiger partial charge in [0.25, 0.3) is 0 Å². The summed E-state index contributed by atoms with van der Waals surface area (Å²) in [6.45, 7) is 0.829. The van der Waals surface area contributed by atoms with Crippen molar-refractivity contribution in [2.75, 3.05) is 25.0 Å². The molecule has 2 N–H and O–H groups in total. The van der Waals surface area contributed by atoms with Gasteiger partial charge in [-0.25, -0.2) is 21.2 Å². The maximum absolute atomic E-state index is 14.2. The summed E-state index contributed by atoms with van der Waals surface area (Å²) in [4.78, 5) is 12.4. The van der Waals surface area contributed by atoms with Crippen LogP contribution in [0.4, 0.5) is 10.1 Å². The molecule has 2 aliphatic rings. The van der Waals surface area contributed by atoms with Gasteiger partial charge < -0.3 is 10.4 Å². The molecule has 2 fully saturated rings. The predicted molar refractivity (Wildman–Crippen MR) is 118 cm³/mol. The van der Waals surface area contributed by atoms with Crippen molar-refractivity contribution in [3.63, 3.8) is 0 Å². The van der Waals surface area contributed by atoms with Crippen LogP contribution in [-0.4, -0.2) is 62.1 Å². The van der Waals surface area contributed by atoms with E-state index < -0.39 is 42.7 Å². The predicted octanol–water partition coefficient (Wildman–Crippen LogP) is 2.11. The molecule has 2 heterocycles. The van der Waals surface area contributed by atoms with Crippen molar-refractivity contribution in [2.24, 2.45) is 0 Å². The van der Waals surface area contributed by atoms with Gasteiger partial charge >= 0.3 is 0 Å². The second-order valence-corrected chi connectivity index (χ2v) is 11.8. The lowest BCUT2D eigenvalue weighted by Crippen LogP contribution is -2.43. The maximum atomic E-state index is 14.2. The molecule has 0 spiro atoms. The summed E-state index contributed by atoms with van der Waals surface area (Å²) in [5.74, 6) is -2.01. The van der Waals surface area contributed by atoms with Crippen LogP contribution in [0.2, 0.25) is 0 Å². The largest absolute Gasteiger partial charge is 0.506 e. The van der Waals surface area contributed by atoms with Crippen LogP contribution in [0.5, 0.6) is 5.75 Å². The molecule has 33 heavy (non-hydrogen) atoms. The molecule has 1 unspecified atom stereocenters. The normalized spacial score (nSPS) is 20.2. The third-order valence-corrected chi connectivity index (χ3v) is 9.69. The Morgan fingerprint density at radius 2 is 1.67 bits per heavy atom. The van der Waals surface area contributed by atoms with Crippen molar-refractivity contribution in [3.05, 3.63) is 48.3 Å². The van der Waals surface area contributed by atoms with E-state index in [2.05, 4.69) is 5.32 Å². The average molecular weight is 498 g/mol. The Kier molecular flexibility index (Phi) is 6.45. The fourth-order valence-corrected chi connectivity index (χ4v) is 7.41. The molecule has 4 rings (SSSR count). The first-order valence-corrected chi connectivity index (χ1v) is 13.4. The number of phenols is 1. The fraction of sp³-hybridized carbons (Fsp3) is 0.381. The number of hydrogen-bond donors (Lipinski definition) is 2. The summed E-state index contributed by atoms with van der Waals surface area (Å²) >= 11 is 0. The number of amides is 1. The van der Waals surface area contributed by atoms with E-state index in [9.17, 15) is 31.1 Å². The van der Waals surface area contributed by atoms with E-state index in [1.807, 2.05) is 0 Å². The smallest absolute Gasteiger partial charge is 0.246 e. The molecule has 2 saturated heterocycles. The number of rotatable bonds is 6. The Morgan fingerprint density at radius 1 is 0.970 bits per heavy atom. The first kappa shape index (κ1) is 23.6. The highest BCUT2D eigenvalue weighted by molar-refractivity contribution is 7.89. The van der Waals surface area contributed by atoms with Gasteiger partial charge in [0, 0.05) is 19.6 Å². The number of halogens is 1. The van der Waals surface area contributed by atoms with Gasteiger partial charge in [-0.15, -0.1) is 0 Å². The SMILES string of the molecule is O=C(Nc1cc(S(=O)(=O)N2CCCC2)ccc1O)C1CCCN1S(=O)(=O)c1ccccc1F. The Morgan fingerprint density at radius 3 is 2.36 bits per heavy atom. The van der Waals surface area contributed by atoms with E-state index in [1.54, 1.807) is 0 Å². The highest BCUT2D eigenvalue weighted by Gasteiger charge is 2.40. The number of carbonyl (C=O) groups is 1. The van der Waals surface area contributed by atoms with Gasteiger partial charge in [-0.05, 0) is 56.0 Å². The van der Waals surface area contributed by atoms with Crippen molar-refractivity contribution in [3.8, 4) is 5.75 Å². The van der Waals surface area contributed by atoms with Crippen LogP contribution in [0.25, 0.3) is 0 Å².